The fourth-order valence-electron chi connectivity index (χ4n) is 1.67. The second-order valence-electron chi connectivity index (χ2n) is 4.14. The molecule has 0 radical (unpaired) electrons. The van der Waals surface area contributed by atoms with Gasteiger partial charge in [-0.05, 0) is 30.5 Å². The maximum Gasteiger partial charge on any atom is 0.303 e. The van der Waals surface area contributed by atoms with Crippen LogP contribution in [-0.4, -0.2) is 24.0 Å². The van der Waals surface area contributed by atoms with Gasteiger partial charge in [-0.15, -0.1) is 0 Å². The van der Waals surface area contributed by atoms with E-state index in [1.807, 2.05) is 24.3 Å². The minimum absolute atomic E-state index is 0.0604. The summed E-state index contributed by atoms with van der Waals surface area (Å²) in [5.41, 5.74) is 1.06. The van der Waals surface area contributed by atoms with Crippen LogP contribution in [0.15, 0.2) is 24.3 Å². The van der Waals surface area contributed by atoms with E-state index < -0.39 is 5.97 Å². The number of hydrogen-bond acceptors (Lipinski definition) is 3. The lowest BCUT2D eigenvalue weighted by atomic mass is 10.0. The lowest BCUT2D eigenvalue weighted by Crippen LogP contribution is -2.02. The van der Waals surface area contributed by atoms with Gasteiger partial charge in [-0.25, -0.2) is 0 Å². The van der Waals surface area contributed by atoms with E-state index in [9.17, 15) is 9.59 Å². The van der Waals surface area contributed by atoms with Crippen LogP contribution < -0.4 is 4.74 Å². The predicted molar refractivity (Wildman–Crippen MR) is 67.8 cm³/mol. The zero-order valence-electron chi connectivity index (χ0n) is 10.5. The summed E-state index contributed by atoms with van der Waals surface area (Å²) in [6.07, 6.45) is 1.95. The van der Waals surface area contributed by atoms with E-state index in [1.54, 1.807) is 7.11 Å². The number of methoxy groups -OCH3 is 1. The molecule has 0 saturated heterocycles. The van der Waals surface area contributed by atoms with Crippen LogP contribution in [0.5, 0.6) is 5.75 Å². The van der Waals surface area contributed by atoms with Crippen LogP contribution in [-0.2, 0) is 16.0 Å². The summed E-state index contributed by atoms with van der Waals surface area (Å²) in [5, 5.41) is 8.47. The molecule has 0 fully saturated rings. The Morgan fingerprint density at radius 1 is 1.22 bits per heavy atom. The molecule has 0 aromatic heterocycles. The highest BCUT2D eigenvalue weighted by atomic mass is 16.5. The van der Waals surface area contributed by atoms with Crippen LogP contribution in [0.3, 0.4) is 0 Å². The van der Waals surface area contributed by atoms with E-state index in [4.69, 9.17) is 9.84 Å². The molecule has 4 heteroatoms. The molecule has 0 aliphatic rings. The fourth-order valence-corrected chi connectivity index (χ4v) is 1.67. The molecule has 98 valence electrons. The second kappa shape index (κ2) is 7.48. The number of aryl methyl sites for hydroxylation is 1. The highest BCUT2D eigenvalue weighted by Gasteiger charge is 2.05. The molecule has 0 heterocycles. The second-order valence-corrected chi connectivity index (χ2v) is 4.14. The molecule has 0 bridgehead atoms. The van der Waals surface area contributed by atoms with Gasteiger partial charge in [-0.2, -0.15) is 0 Å². The molecule has 0 spiro atoms. The Kier molecular flexibility index (Phi) is 5.91. The van der Waals surface area contributed by atoms with Crippen molar-refractivity contribution < 1.29 is 19.4 Å². The number of carbonyl (C=O) groups is 2. The molecular formula is C14H18O4. The standard InChI is InChI=1S/C14H18O4/c1-18-13-6-2-4-11(10-13)8-9-12(15)5-3-7-14(16)17/h2,4,6,10H,3,5,7-9H2,1H3,(H,16,17). The van der Waals surface area contributed by atoms with Crippen molar-refractivity contribution in [1.29, 1.82) is 0 Å². The van der Waals surface area contributed by atoms with Gasteiger partial charge in [-0.3, -0.25) is 9.59 Å². The lowest BCUT2D eigenvalue weighted by molar-refractivity contribution is -0.137. The van der Waals surface area contributed by atoms with Crippen molar-refractivity contribution in [1.82, 2.24) is 0 Å². The Morgan fingerprint density at radius 3 is 2.67 bits per heavy atom. The van der Waals surface area contributed by atoms with E-state index in [-0.39, 0.29) is 12.2 Å². The third kappa shape index (κ3) is 5.48. The first-order chi connectivity index (χ1) is 8.61. The van der Waals surface area contributed by atoms with Gasteiger partial charge in [0.2, 0.25) is 0 Å². The van der Waals surface area contributed by atoms with Gasteiger partial charge < -0.3 is 9.84 Å². The first-order valence-corrected chi connectivity index (χ1v) is 5.98. The van der Waals surface area contributed by atoms with E-state index in [0.717, 1.165) is 11.3 Å². The van der Waals surface area contributed by atoms with Crippen molar-refractivity contribution in [3.8, 4) is 5.75 Å². The predicted octanol–water partition coefficient (Wildman–Crippen LogP) is 2.45. The Morgan fingerprint density at radius 2 is 2.00 bits per heavy atom. The molecule has 0 aliphatic carbocycles. The number of rotatable bonds is 8. The lowest BCUT2D eigenvalue weighted by Gasteiger charge is -2.04. The first-order valence-electron chi connectivity index (χ1n) is 5.98. The van der Waals surface area contributed by atoms with Crippen molar-refractivity contribution in [3.05, 3.63) is 29.8 Å². The van der Waals surface area contributed by atoms with Crippen molar-refractivity contribution in [2.45, 2.75) is 32.1 Å². The number of carboxylic acids is 1. The summed E-state index contributed by atoms with van der Waals surface area (Å²) in [7, 11) is 1.61. The van der Waals surface area contributed by atoms with E-state index >= 15 is 0 Å². The van der Waals surface area contributed by atoms with Gasteiger partial charge >= 0.3 is 5.97 Å². The molecule has 0 aliphatic heterocycles. The topological polar surface area (TPSA) is 63.6 Å². The molecular weight excluding hydrogens is 232 g/mol. The van der Waals surface area contributed by atoms with Crippen LogP contribution in [0, 0.1) is 0 Å². The number of carboxylic acid groups (broad SMARTS) is 1. The summed E-state index contributed by atoms with van der Waals surface area (Å²) in [6.45, 7) is 0. The highest BCUT2D eigenvalue weighted by Crippen LogP contribution is 2.14. The molecule has 1 N–H and O–H groups in total. The zero-order chi connectivity index (χ0) is 13.4. The normalized spacial score (nSPS) is 10.1. The largest absolute Gasteiger partial charge is 0.497 e. The fraction of sp³-hybridized carbons (Fsp3) is 0.429. The Balaban J connectivity index is 2.31. The van der Waals surface area contributed by atoms with E-state index in [2.05, 4.69) is 0 Å². The average molecular weight is 250 g/mol. The molecule has 1 aromatic rings. The summed E-state index contributed by atoms with van der Waals surface area (Å²) in [4.78, 5) is 21.8. The van der Waals surface area contributed by atoms with E-state index in [1.165, 1.54) is 0 Å². The van der Waals surface area contributed by atoms with Gasteiger partial charge in [0.1, 0.15) is 11.5 Å². The molecule has 0 unspecified atom stereocenters. The minimum Gasteiger partial charge on any atom is -0.497 e. The SMILES string of the molecule is COc1cccc(CCC(=O)CCCC(=O)O)c1. The molecule has 1 rings (SSSR count). The quantitative estimate of drug-likeness (QED) is 0.769. The van der Waals surface area contributed by atoms with E-state index in [0.29, 0.717) is 25.7 Å². The van der Waals surface area contributed by atoms with Gasteiger partial charge in [0.25, 0.3) is 0 Å². The average Bonchev–Trinajstić information content (AvgIpc) is 2.36. The van der Waals surface area contributed by atoms with Crippen LogP contribution in [0.2, 0.25) is 0 Å². The first kappa shape index (κ1) is 14.2. The van der Waals surface area contributed by atoms with Crippen LogP contribution in [0.4, 0.5) is 0 Å². The molecule has 0 amide bonds. The zero-order valence-corrected chi connectivity index (χ0v) is 10.5. The van der Waals surface area contributed by atoms with Crippen LogP contribution in [0.25, 0.3) is 0 Å². The number of benzene rings is 1. The van der Waals surface area contributed by atoms with Crippen LogP contribution >= 0.6 is 0 Å². The third-order valence-corrected chi connectivity index (χ3v) is 2.67. The molecule has 1 aromatic carbocycles. The van der Waals surface area contributed by atoms with Crippen molar-refractivity contribution in [2.75, 3.05) is 7.11 Å². The Bertz CT molecular complexity index is 412. The highest BCUT2D eigenvalue weighted by molar-refractivity contribution is 5.79. The van der Waals surface area contributed by atoms with Gasteiger partial charge in [0, 0.05) is 19.3 Å². The van der Waals surface area contributed by atoms with Crippen molar-refractivity contribution >= 4 is 11.8 Å². The molecule has 0 atom stereocenters. The Labute approximate surface area is 107 Å². The number of hydrogen-bond donors (Lipinski definition) is 1. The van der Waals surface area contributed by atoms with Gasteiger partial charge in [-0.1, -0.05) is 12.1 Å². The van der Waals surface area contributed by atoms with Crippen LogP contribution in [0.1, 0.15) is 31.2 Å². The maximum atomic E-state index is 11.5. The summed E-state index contributed by atoms with van der Waals surface area (Å²) in [6, 6.07) is 7.61. The minimum atomic E-state index is -0.851. The molecule has 4 nitrogen and oxygen atoms in total. The smallest absolute Gasteiger partial charge is 0.303 e. The third-order valence-electron chi connectivity index (χ3n) is 2.67. The summed E-state index contributed by atoms with van der Waals surface area (Å²) < 4.78 is 5.10. The number of carbonyl (C=O) groups excluding carboxylic acids is 1. The monoisotopic (exact) mass is 250 g/mol. The number of ketones is 1. The molecule has 18 heavy (non-hydrogen) atoms. The van der Waals surface area contributed by atoms with Gasteiger partial charge in [0.05, 0.1) is 7.11 Å². The summed E-state index contributed by atoms with van der Waals surface area (Å²) >= 11 is 0. The number of ether oxygens (including phenoxy) is 1. The number of aliphatic carboxylic acids is 1. The van der Waals surface area contributed by atoms with Crippen molar-refractivity contribution in [2.24, 2.45) is 0 Å². The molecule has 0 saturated carbocycles. The van der Waals surface area contributed by atoms with Crippen molar-refractivity contribution in [3.63, 3.8) is 0 Å². The Hall–Kier alpha value is -1.84. The summed E-state index contributed by atoms with van der Waals surface area (Å²) in [5.74, 6) is 0.0421. The number of Topliss-reactive ketones (excluding diaryl/α,β-unsaturated/α-hetero) is 1. The van der Waals surface area contributed by atoms with Gasteiger partial charge in [0.15, 0.2) is 0 Å². The maximum absolute atomic E-state index is 11.5.